The van der Waals surface area contributed by atoms with Crippen molar-refractivity contribution >= 4 is 16.7 Å². The lowest BCUT2D eigenvalue weighted by Gasteiger charge is -2.03. The summed E-state index contributed by atoms with van der Waals surface area (Å²) in [5.41, 5.74) is 3.23. The van der Waals surface area contributed by atoms with Crippen LogP contribution in [0.5, 0.6) is 5.75 Å². The molecule has 0 radical (unpaired) electrons. The number of benzene rings is 2. The molecule has 126 valence electrons. The van der Waals surface area contributed by atoms with Crippen LogP contribution in [0.4, 0.5) is 0 Å². The highest BCUT2D eigenvalue weighted by Gasteiger charge is 2.16. The van der Waals surface area contributed by atoms with Crippen molar-refractivity contribution < 1.29 is 4.74 Å². The molecule has 0 aliphatic rings. The lowest BCUT2D eigenvalue weighted by atomic mass is 10.2. The maximum Gasteiger partial charge on any atom is 0.185 e. The zero-order valence-corrected chi connectivity index (χ0v) is 13.9. The molecule has 3 aromatic heterocycles. The summed E-state index contributed by atoms with van der Waals surface area (Å²) in [6.45, 7) is 0. The summed E-state index contributed by atoms with van der Waals surface area (Å²) >= 11 is 0. The molecule has 0 atom stereocenters. The summed E-state index contributed by atoms with van der Waals surface area (Å²) in [5.74, 6) is 1.32. The van der Waals surface area contributed by atoms with E-state index in [2.05, 4.69) is 15.2 Å². The molecule has 0 N–H and O–H groups in total. The van der Waals surface area contributed by atoms with Crippen LogP contribution in [0.2, 0.25) is 0 Å². The zero-order chi connectivity index (χ0) is 17.5. The summed E-state index contributed by atoms with van der Waals surface area (Å²) in [6.07, 6.45) is 3.43. The Labute approximate surface area is 148 Å². The minimum absolute atomic E-state index is 0.587. The molecule has 0 spiro atoms. The zero-order valence-electron chi connectivity index (χ0n) is 13.9. The Morgan fingerprint density at radius 1 is 0.923 bits per heavy atom. The van der Waals surface area contributed by atoms with Crippen molar-refractivity contribution in [2.24, 2.45) is 0 Å². The number of methoxy groups -OCH3 is 1. The molecule has 3 heterocycles. The maximum absolute atomic E-state index is 5.42. The van der Waals surface area contributed by atoms with Gasteiger partial charge in [0.05, 0.1) is 29.9 Å². The molecule has 0 unspecified atom stereocenters. The van der Waals surface area contributed by atoms with E-state index in [1.807, 2.05) is 54.6 Å². The first kappa shape index (κ1) is 14.6. The topological polar surface area (TPSA) is 70.1 Å². The predicted molar refractivity (Wildman–Crippen MR) is 97.4 cm³/mol. The van der Waals surface area contributed by atoms with E-state index < -0.39 is 0 Å². The number of nitrogens with zero attached hydrogens (tertiary/aromatic N) is 6. The Morgan fingerprint density at radius 2 is 1.73 bits per heavy atom. The Morgan fingerprint density at radius 3 is 2.58 bits per heavy atom. The van der Waals surface area contributed by atoms with E-state index in [0.29, 0.717) is 11.5 Å². The van der Waals surface area contributed by atoms with Crippen molar-refractivity contribution in [1.29, 1.82) is 0 Å². The Hall–Kier alpha value is -3.74. The van der Waals surface area contributed by atoms with Gasteiger partial charge in [-0.1, -0.05) is 30.3 Å². The summed E-state index contributed by atoms with van der Waals surface area (Å²) in [7, 11) is 1.64. The number of rotatable bonds is 3. The highest BCUT2D eigenvalue weighted by molar-refractivity contribution is 5.90. The minimum Gasteiger partial charge on any atom is -0.496 e. The lowest BCUT2D eigenvalue weighted by molar-refractivity contribution is 0.416. The van der Waals surface area contributed by atoms with E-state index in [9.17, 15) is 0 Å². The van der Waals surface area contributed by atoms with Crippen molar-refractivity contribution in [2.75, 3.05) is 7.11 Å². The molecule has 5 rings (SSSR count). The molecule has 5 aromatic rings. The molecule has 26 heavy (non-hydrogen) atoms. The van der Waals surface area contributed by atoms with Crippen molar-refractivity contribution in [1.82, 2.24) is 29.4 Å². The quantitative estimate of drug-likeness (QED) is 0.504. The number of hydrogen-bond donors (Lipinski definition) is 0. The third kappa shape index (κ3) is 2.14. The number of aromatic nitrogens is 6. The van der Waals surface area contributed by atoms with Gasteiger partial charge in [0.25, 0.3) is 0 Å². The first-order valence-corrected chi connectivity index (χ1v) is 8.13. The SMILES string of the molecule is COc1ccccc1-c1nc2c3cnn(-c4ccccc4)c3ncn2n1. The van der Waals surface area contributed by atoms with Gasteiger partial charge in [0.15, 0.2) is 17.1 Å². The van der Waals surface area contributed by atoms with Crippen LogP contribution >= 0.6 is 0 Å². The van der Waals surface area contributed by atoms with Crippen LogP contribution in [-0.2, 0) is 0 Å². The molecule has 0 aliphatic carbocycles. The van der Waals surface area contributed by atoms with Gasteiger partial charge >= 0.3 is 0 Å². The van der Waals surface area contributed by atoms with Crippen LogP contribution in [0.3, 0.4) is 0 Å². The Balaban J connectivity index is 1.72. The van der Waals surface area contributed by atoms with Crippen LogP contribution in [0.15, 0.2) is 67.1 Å². The molecule has 0 aliphatic heterocycles. The van der Waals surface area contributed by atoms with Crippen LogP contribution < -0.4 is 4.74 Å². The van der Waals surface area contributed by atoms with Crippen molar-refractivity contribution in [3.63, 3.8) is 0 Å². The van der Waals surface area contributed by atoms with Gasteiger partial charge in [0.2, 0.25) is 0 Å². The van der Waals surface area contributed by atoms with E-state index in [4.69, 9.17) is 9.72 Å². The average molecular weight is 342 g/mol. The van der Waals surface area contributed by atoms with Crippen molar-refractivity contribution in [2.45, 2.75) is 0 Å². The summed E-state index contributed by atoms with van der Waals surface area (Å²) < 4.78 is 8.89. The van der Waals surface area contributed by atoms with E-state index in [0.717, 1.165) is 28.0 Å². The van der Waals surface area contributed by atoms with E-state index in [1.54, 1.807) is 28.8 Å². The number of hydrogen-bond acceptors (Lipinski definition) is 5. The summed E-state index contributed by atoms with van der Waals surface area (Å²) in [6, 6.07) is 17.6. The molecular weight excluding hydrogens is 328 g/mol. The minimum atomic E-state index is 0.587. The van der Waals surface area contributed by atoms with Gasteiger partial charge in [-0.05, 0) is 24.3 Å². The summed E-state index contributed by atoms with van der Waals surface area (Å²) in [5, 5.41) is 9.87. The highest BCUT2D eigenvalue weighted by Crippen LogP contribution is 2.28. The van der Waals surface area contributed by atoms with Crippen LogP contribution in [0, 0.1) is 0 Å². The largest absolute Gasteiger partial charge is 0.496 e. The normalized spacial score (nSPS) is 11.3. The Kier molecular flexibility index (Phi) is 3.18. The van der Waals surface area contributed by atoms with Gasteiger partial charge in [0, 0.05) is 0 Å². The highest BCUT2D eigenvalue weighted by atomic mass is 16.5. The third-order valence-corrected chi connectivity index (χ3v) is 4.25. The molecule has 0 fully saturated rings. The van der Waals surface area contributed by atoms with Crippen LogP contribution in [-0.4, -0.2) is 36.5 Å². The monoisotopic (exact) mass is 342 g/mol. The van der Waals surface area contributed by atoms with Gasteiger partial charge in [-0.25, -0.2) is 19.2 Å². The molecule has 7 nitrogen and oxygen atoms in total. The molecule has 7 heteroatoms. The fraction of sp³-hybridized carbons (Fsp3) is 0.0526. The van der Waals surface area contributed by atoms with Gasteiger partial charge < -0.3 is 4.74 Å². The number of fused-ring (bicyclic) bond motifs is 3. The third-order valence-electron chi connectivity index (χ3n) is 4.25. The van der Waals surface area contributed by atoms with E-state index in [1.165, 1.54) is 0 Å². The maximum atomic E-state index is 5.42. The van der Waals surface area contributed by atoms with Gasteiger partial charge in [0.1, 0.15) is 12.1 Å². The second-order valence-corrected chi connectivity index (χ2v) is 5.78. The van der Waals surface area contributed by atoms with Crippen molar-refractivity contribution in [3.05, 3.63) is 67.1 Å². The Bertz CT molecular complexity index is 1220. The fourth-order valence-corrected chi connectivity index (χ4v) is 3.02. The molecule has 0 saturated heterocycles. The number of ether oxygens (including phenoxy) is 1. The van der Waals surface area contributed by atoms with Crippen LogP contribution in [0.25, 0.3) is 33.8 Å². The van der Waals surface area contributed by atoms with Crippen LogP contribution in [0.1, 0.15) is 0 Å². The molecule has 2 aromatic carbocycles. The van der Waals surface area contributed by atoms with Gasteiger partial charge in [-0.3, -0.25) is 0 Å². The molecule has 0 bridgehead atoms. The standard InChI is InChI=1S/C19H14N6O/c1-26-16-10-6-5-9-14(16)17-22-19-15-11-21-25(13-7-3-2-4-8-13)18(15)20-12-24(19)23-17/h2-12H,1H3. The van der Waals surface area contributed by atoms with Gasteiger partial charge in [-0.15, -0.1) is 5.10 Å². The first-order chi connectivity index (χ1) is 12.8. The number of para-hydroxylation sites is 2. The fourth-order valence-electron chi connectivity index (χ4n) is 3.02. The van der Waals surface area contributed by atoms with Crippen molar-refractivity contribution in [3.8, 4) is 22.8 Å². The second-order valence-electron chi connectivity index (χ2n) is 5.78. The second kappa shape index (κ2) is 5.66. The smallest absolute Gasteiger partial charge is 0.185 e. The molecule has 0 amide bonds. The lowest BCUT2D eigenvalue weighted by Crippen LogP contribution is -1.98. The summed E-state index contributed by atoms with van der Waals surface area (Å²) in [4.78, 5) is 9.23. The average Bonchev–Trinajstić information content (AvgIpc) is 3.32. The first-order valence-electron chi connectivity index (χ1n) is 8.13. The molecular formula is C19H14N6O. The van der Waals surface area contributed by atoms with Gasteiger partial charge in [-0.2, -0.15) is 5.10 Å². The van der Waals surface area contributed by atoms with E-state index in [-0.39, 0.29) is 0 Å². The molecule has 0 saturated carbocycles. The predicted octanol–water partition coefficient (Wildman–Crippen LogP) is 3.14. The van der Waals surface area contributed by atoms with E-state index >= 15 is 0 Å².